The van der Waals surface area contributed by atoms with Crippen LogP contribution in [-0.4, -0.2) is 24.6 Å². The molecule has 1 amide bonds. The van der Waals surface area contributed by atoms with Crippen molar-refractivity contribution in [3.05, 3.63) is 29.3 Å². The van der Waals surface area contributed by atoms with E-state index in [4.69, 9.17) is 10.5 Å². The van der Waals surface area contributed by atoms with Gasteiger partial charge in [-0.05, 0) is 44.9 Å². The maximum Gasteiger partial charge on any atom is 0.258 e. The standard InChI is InChI=1S/C14H22N2O2/c1-10-6-5-7-12(11(10)2)18-8-13(17)16-14(3,4)9-15/h5-7H,8-9,15H2,1-4H3,(H,16,17). The number of ether oxygens (including phenoxy) is 1. The molecule has 4 heteroatoms. The highest BCUT2D eigenvalue weighted by Gasteiger charge is 2.18. The average Bonchev–Trinajstić information content (AvgIpc) is 2.30. The Kier molecular flexibility index (Phi) is 4.73. The second-order valence-corrected chi connectivity index (χ2v) is 5.12. The van der Waals surface area contributed by atoms with E-state index in [1.54, 1.807) is 0 Å². The van der Waals surface area contributed by atoms with Crippen molar-refractivity contribution in [1.29, 1.82) is 0 Å². The molecule has 18 heavy (non-hydrogen) atoms. The fraction of sp³-hybridized carbons (Fsp3) is 0.500. The van der Waals surface area contributed by atoms with Crippen molar-refractivity contribution < 1.29 is 9.53 Å². The van der Waals surface area contributed by atoms with E-state index in [1.165, 1.54) is 0 Å². The van der Waals surface area contributed by atoms with E-state index in [2.05, 4.69) is 5.32 Å². The highest BCUT2D eigenvalue weighted by molar-refractivity contribution is 5.78. The van der Waals surface area contributed by atoms with Gasteiger partial charge in [0.15, 0.2) is 6.61 Å². The van der Waals surface area contributed by atoms with Crippen LogP contribution in [0.5, 0.6) is 5.75 Å². The molecule has 3 N–H and O–H groups in total. The van der Waals surface area contributed by atoms with Gasteiger partial charge in [-0.15, -0.1) is 0 Å². The number of nitrogens with one attached hydrogen (secondary N) is 1. The lowest BCUT2D eigenvalue weighted by Crippen LogP contribution is -2.50. The molecule has 1 aromatic rings. The third kappa shape index (κ3) is 4.04. The monoisotopic (exact) mass is 250 g/mol. The van der Waals surface area contributed by atoms with E-state index in [1.807, 2.05) is 45.9 Å². The van der Waals surface area contributed by atoms with E-state index in [-0.39, 0.29) is 12.5 Å². The predicted molar refractivity (Wildman–Crippen MR) is 72.7 cm³/mol. The zero-order chi connectivity index (χ0) is 13.8. The van der Waals surface area contributed by atoms with Gasteiger partial charge in [0.25, 0.3) is 5.91 Å². The van der Waals surface area contributed by atoms with E-state index >= 15 is 0 Å². The lowest BCUT2D eigenvalue weighted by molar-refractivity contribution is -0.124. The summed E-state index contributed by atoms with van der Waals surface area (Å²) in [7, 11) is 0. The van der Waals surface area contributed by atoms with Crippen LogP contribution in [0.15, 0.2) is 18.2 Å². The first kappa shape index (κ1) is 14.5. The number of hydrogen-bond acceptors (Lipinski definition) is 3. The number of amides is 1. The summed E-state index contributed by atoms with van der Waals surface area (Å²) in [4.78, 5) is 11.7. The van der Waals surface area contributed by atoms with Gasteiger partial charge in [-0.3, -0.25) is 4.79 Å². The SMILES string of the molecule is Cc1cccc(OCC(=O)NC(C)(C)CN)c1C. The van der Waals surface area contributed by atoms with Gasteiger partial charge in [-0.25, -0.2) is 0 Å². The average molecular weight is 250 g/mol. The van der Waals surface area contributed by atoms with E-state index < -0.39 is 5.54 Å². The van der Waals surface area contributed by atoms with Gasteiger partial charge in [0.05, 0.1) is 0 Å². The molecular formula is C14H22N2O2. The number of nitrogens with two attached hydrogens (primary N) is 1. The maximum atomic E-state index is 11.7. The van der Waals surface area contributed by atoms with Crippen LogP contribution in [0, 0.1) is 13.8 Å². The van der Waals surface area contributed by atoms with E-state index in [0.29, 0.717) is 6.54 Å². The summed E-state index contributed by atoms with van der Waals surface area (Å²) in [5, 5.41) is 2.82. The van der Waals surface area contributed by atoms with Crippen molar-refractivity contribution in [3.8, 4) is 5.75 Å². The minimum atomic E-state index is -0.401. The van der Waals surface area contributed by atoms with Crippen LogP contribution in [0.1, 0.15) is 25.0 Å². The van der Waals surface area contributed by atoms with Crippen molar-refractivity contribution in [3.63, 3.8) is 0 Å². The van der Waals surface area contributed by atoms with Gasteiger partial charge in [0.1, 0.15) is 5.75 Å². The molecule has 0 heterocycles. The largest absolute Gasteiger partial charge is 0.483 e. The molecule has 0 fully saturated rings. The van der Waals surface area contributed by atoms with Crippen LogP contribution in [-0.2, 0) is 4.79 Å². The minimum absolute atomic E-state index is 0.00766. The third-order valence-electron chi connectivity index (χ3n) is 2.90. The predicted octanol–water partition coefficient (Wildman–Crippen LogP) is 1.54. The summed E-state index contributed by atoms with van der Waals surface area (Å²) < 4.78 is 5.52. The number of rotatable bonds is 5. The van der Waals surface area contributed by atoms with Crippen LogP contribution in [0.2, 0.25) is 0 Å². The second-order valence-electron chi connectivity index (χ2n) is 5.12. The first-order valence-corrected chi connectivity index (χ1v) is 6.06. The molecule has 0 unspecified atom stereocenters. The Hall–Kier alpha value is -1.55. The zero-order valence-corrected chi connectivity index (χ0v) is 11.5. The molecule has 1 rings (SSSR count). The van der Waals surface area contributed by atoms with Crippen LogP contribution < -0.4 is 15.8 Å². The van der Waals surface area contributed by atoms with Gasteiger partial charge in [-0.2, -0.15) is 0 Å². The van der Waals surface area contributed by atoms with Crippen molar-refractivity contribution in [1.82, 2.24) is 5.32 Å². The van der Waals surface area contributed by atoms with Crippen LogP contribution in [0.4, 0.5) is 0 Å². The smallest absolute Gasteiger partial charge is 0.258 e. The number of benzene rings is 1. The molecule has 0 bridgehead atoms. The Morgan fingerprint density at radius 2 is 2.06 bits per heavy atom. The summed E-state index contributed by atoms with van der Waals surface area (Å²) in [5.74, 6) is 0.585. The summed E-state index contributed by atoms with van der Waals surface area (Å²) in [6.07, 6.45) is 0. The van der Waals surface area contributed by atoms with Gasteiger partial charge >= 0.3 is 0 Å². The molecule has 0 spiro atoms. The summed E-state index contributed by atoms with van der Waals surface area (Å²) in [6, 6.07) is 5.79. The Bertz CT molecular complexity index is 428. The summed E-state index contributed by atoms with van der Waals surface area (Å²) >= 11 is 0. The Morgan fingerprint density at radius 3 is 2.67 bits per heavy atom. The molecule has 0 aliphatic carbocycles. The van der Waals surface area contributed by atoms with Gasteiger partial charge in [0, 0.05) is 12.1 Å². The Labute approximate surface area is 109 Å². The molecule has 0 saturated heterocycles. The number of carbonyl (C=O) groups is 1. The lowest BCUT2D eigenvalue weighted by Gasteiger charge is -2.24. The molecule has 100 valence electrons. The van der Waals surface area contributed by atoms with Crippen molar-refractivity contribution in [2.45, 2.75) is 33.2 Å². The van der Waals surface area contributed by atoms with Crippen LogP contribution >= 0.6 is 0 Å². The third-order valence-corrected chi connectivity index (χ3v) is 2.90. The molecule has 0 radical (unpaired) electrons. The lowest BCUT2D eigenvalue weighted by atomic mass is 10.1. The number of aryl methyl sites for hydroxylation is 1. The fourth-order valence-electron chi connectivity index (χ4n) is 1.49. The normalized spacial score (nSPS) is 11.2. The van der Waals surface area contributed by atoms with Crippen molar-refractivity contribution >= 4 is 5.91 Å². The van der Waals surface area contributed by atoms with E-state index in [0.717, 1.165) is 16.9 Å². The quantitative estimate of drug-likeness (QED) is 0.833. The fourth-order valence-corrected chi connectivity index (χ4v) is 1.49. The molecule has 0 aliphatic heterocycles. The molecule has 4 nitrogen and oxygen atoms in total. The van der Waals surface area contributed by atoms with Crippen LogP contribution in [0.25, 0.3) is 0 Å². The topological polar surface area (TPSA) is 64.3 Å². The maximum absolute atomic E-state index is 11.7. The molecule has 0 saturated carbocycles. The second kappa shape index (κ2) is 5.87. The molecule has 1 aromatic carbocycles. The number of hydrogen-bond donors (Lipinski definition) is 2. The highest BCUT2D eigenvalue weighted by Crippen LogP contribution is 2.20. The van der Waals surface area contributed by atoms with E-state index in [9.17, 15) is 4.79 Å². The minimum Gasteiger partial charge on any atom is -0.483 e. The highest BCUT2D eigenvalue weighted by atomic mass is 16.5. The molecular weight excluding hydrogens is 228 g/mol. The zero-order valence-electron chi connectivity index (χ0n) is 11.5. The summed E-state index contributed by atoms with van der Waals surface area (Å²) in [5.41, 5.74) is 7.36. The molecule has 0 aromatic heterocycles. The Morgan fingerprint density at radius 1 is 1.39 bits per heavy atom. The molecule has 0 aliphatic rings. The van der Waals surface area contributed by atoms with Gasteiger partial charge < -0.3 is 15.8 Å². The first-order chi connectivity index (χ1) is 8.35. The first-order valence-electron chi connectivity index (χ1n) is 6.06. The van der Waals surface area contributed by atoms with Crippen molar-refractivity contribution in [2.75, 3.05) is 13.2 Å². The van der Waals surface area contributed by atoms with Crippen LogP contribution in [0.3, 0.4) is 0 Å². The van der Waals surface area contributed by atoms with Gasteiger partial charge in [0.2, 0.25) is 0 Å². The summed E-state index contributed by atoms with van der Waals surface area (Å²) in [6.45, 7) is 8.15. The Balaban J connectivity index is 2.56. The number of carbonyl (C=O) groups excluding carboxylic acids is 1. The molecule has 0 atom stereocenters. The van der Waals surface area contributed by atoms with Crippen molar-refractivity contribution in [2.24, 2.45) is 5.73 Å². The van der Waals surface area contributed by atoms with Gasteiger partial charge in [-0.1, -0.05) is 12.1 Å².